The highest BCUT2D eigenvalue weighted by atomic mass is 16.6. The van der Waals surface area contributed by atoms with E-state index >= 15 is 0 Å². The van der Waals surface area contributed by atoms with Gasteiger partial charge in [-0.25, -0.2) is 9.59 Å². The van der Waals surface area contributed by atoms with Crippen LogP contribution in [0, 0.1) is 0 Å². The van der Waals surface area contributed by atoms with Gasteiger partial charge in [-0.15, -0.1) is 0 Å². The Balaban J connectivity index is 1.96. The number of rotatable bonds is 3. The fraction of sp³-hybridized carbons (Fsp3) is 0.500. The lowest BCUT2D eigenvalue weighted by Crippen LogP contribution is -2.41. The maximum atomic E-state index is 12.6. The Morgan fingerprint density at radius 3 is 2.52 bits per heavy atom. The van der Waals surface area contributed by atoms with Crippen LogP contribution in [0.4, 0.5) is 4.79 Å². The summed E-state index contributed by atoms with van der Waals surface area (Å²) in [5.74, 6) is -0.667. The second-order valence-electron chi connectivity index (χ2n) is 6.96. The van der Waals surface area contributed by atoms with Gasteiger partial charge in [-0.05, 0) is 45.4 Å². The molecule has 1 unspecified atom stereocenters. The Morgan fingerprint density at radius 1 is 1.20 bits per heavy atom. The molecule has 1 aromatic rings. The number of carbonyl (C=O) groups excluding carboxylic acids is 3. The van der Waals surface area contributed by atoms with Crippen LogP contribution in [0.3, 0.4) is 0 Å². The van der Waals surface area contributed by atoms with Crippen molar-refractivity contribution < 1.29 is 23.9 Å². The average molecular weight is 348 g/mol. The van der Waals surface area contributed by atoms with E-state index in [1.54, 1.807) is 43.9 Å². The number of likely N-dealkylation sites (tertiary alicyclic amines) is 1. The van der Waals surface area contributed by atoms with E-state index in [4.69, 9.17) is 4.74 Å². The minimum atomic E-state index is -0.563. The zero-order chi connectivity index (χ0) is 18.6. The van der Waals surface area contributed by atoms with Crippen molar-refractivity contribution in [2.45, 2.75) is 38.8 Å². The van der Waals surface area contributed by atoms with Gasteiger partial charge in [-0.1, -0.05) is 6.07 Å². The van der Waals surface area contributed by atoms with E-state index < -0.39 is 17.7 Å². The van der Waals surface area contributed by atoms with Gasteiger partial charge in [0, 0.05) is 18.7 Å². The van der Waals surface area contributed by atoms with Gasteiger partial charge in [0.15, 0.2) is 0 Å². The highest BCUT2D eigenvalue weighted by Crippen LogP contribution is 2.16. The van der Waals surface area contributed by atoms with E-state index in [1.165, 1.54) is 13.2 Å². The lowest BCUT2D eigenvalue weighted by molar-refractivity contribution is 0.0501. The third-order valence-corrected chi connectivity index (χ3v) is 3.73. The molecule has 2 rings (SSSR count). The Hall–Kier alpha value is -2.57. The number of esters is 1. The number of hydrogen-bond acceptors (Lipinski definition) is 5. The molecule has 1 N–H and O–H groups in total. The third-order valence-electron chi connectivity index (χ3n) is 3.73. The second-order valence-corrected chi connectivity index (χ2v) is 6.96. The number of ether oxygens (including phenoxy) is 2. The van der Waals surface area contributed by atoms with Crippen molar-refractivity contribution in [3.05, 3.63) is 35.4 Å². The van der Waals surface area contributed by atoms with E-state index in [0.717, 1.165) is 0 Å². The number of alkyl carbamates (subject to hydrolysis) is 1. The summed E-state index contributed by atoms with van der Waals surface area (Å²) in [6.07, 6.45) is 0.168. The minimum absolute atomic E-state index is 0.150. The topological polar surface area (TPSA) is 84.9 Å². The maximum absolute atomic E-state index is 12.6. The van der Waals surface area contributed by atoms with Crippen molar-refractivity contribution >= 4 is 18.0 Å². The molecule has 7 heteroatoms. The van der Waals surface area contributed by atoms with Crippen LogP contribution in [-0.4, -0.2) is 54.7 Å². The van der Waals surface area contributed by atoms with Crippen LogP contribution in [-0.2, 0) is 9.47 Å². The molecule has 1 heterocycles. The number of carbonyl (C=O) groups is 3. The van der Waals surface area contributed by atoms with Gasteiger partial charge < -0.3 is 19.7 Å². The first-order chi connectivity index (χ1) is 11.7. The lowest BCUT2D eigenvalue weighted by atomic mass is 10.1. The molecule has 0 radical (unpaired) electrons. The van der Waals surface area contributed by atoms with Crippen LogP contribution < -0.4 is 5.32 Å². The van der Waals surface area contributed by atoms with Gasteiger partial charge in [0.05, 0.1) is 18.7 Å². The molecule has 2 amide bonds. The van der Waals surface area contributed by atoms with Crippen LogP contribution in [0.25, 0.3) is 0 Å². The fourth-order valence-electron chi connectivity index (χ4n) is 2.62. The van der Waals surface area contributed by atoms with Gasteiger partial charge in [0.1, 0.15) is 5.60 Å². The highest BCUT2D eigenvalue weighted by molar-refractivity contribution is 5.98. The fourth-order valence-corrected chi connectivity index (χ4v) is 2.62. The number of nitrogens with zero attached hydrogens (tertiary/aromatic N) is 1. The molecule has 1 saturated heterocycles. The van der Waals surface area contributed by atoms with E-state index in [2.05, 4.69) is 10.1 Å². The number of methoxy groups -OCH3 is 1. The zero-order valence-corrected chi connectivity index (χ0v) is 15.0. The van der Waals surface area contributed by atoms with Gasteiger partial charge >= 0.3 is 12.1 Å². The van der Waals surface area contributed by atoms with Gasteiger partial charge in [0.2, 0.25) is 0 Å². The van der Waals surface area contributed by atoms with Crippen molar-refractivity contribution in [3.8, 4) is 0 Å². The van der Waals surface area contributed by atoms with Gasteiger partial charge in [-0.3, -0.25) is 4.79 Å². The summed E-state index contributed by atoms with van der Waals surface area (Å²) in [5.41, 5.74) is 0.184. The summed E-state index contributed by atoms with van der Waals surface area (Å²) in [5, 5.41) is 2.78. The van der Waals surface area contributed by atoms with Crippen molar-refractivity contribution in [2.24, 2.45) is 0 Å². The van der Waals surface area contributed by atoms with Crippen LogP contribution >= 0.6 is 0 Å². The van der Waals surface area contributed by atoms with Gasteiger partial charge in [0.25, 0.3) is 5.91 Å². The first-order valence-corrected chi connectivity index (χ1v) is 8.17. The summed E-state index contributed by atoms with van der Waals surface area (Å²) >= 11 is 0. The molecule has 0 saturated carbocycles. The average Bonchev–Trinajstić information content (AvgIpc) is 3.00. The minimum Gasteiger partial charge on any atom is -0.465 e. The maximum Gasteiger partial charge on any atom is 0.407 e. The van der Waals surface area contributed by atoms with Crippen LogP contribution in [0.5, 0.6) is 0 Å². The molecule has 1 aliphatic rings. The first kappa shape index (κ1) is 18.8. The number of amides is 2. The monoisotopic (exact) mass is 348 g/mol. The van der Waals surface area contributed by atoms with E-state index in [1.807, 2.05) is 0 Å². The van der Waals surface area contributed by atoms with Gasteiger partial charge in [-0.2, -0.15) is 0 Å². The predicted octanol–water partition coefficient (Wildman–Crippen LogP) is 2.21. The quantitative estimate of drug-likeness (QED) is 0.847. The Kier molecular flexibility index (Phi) is 5.66. The normalized spacial score (nSPS) is 17.1. The van der Waals surface area contributed by atoms with Crippen molar-refractivity contribution in [2.75, 3.05) is 20.2 Å². The molecule has 136 valence electrons. The second kappa shape index (κ2) is 7.55. The molecule has 0 aliphatic carbocycles. The van der Waals surface area contributed by atoms with E-state index in [9.17, 15) is 14.4 Å². The Bertz CT molecular complexity index is 666. The zero-order valence-electron chi connectivity index (χ0n) is 15.0. The molecule has 1 aromatic carbocycles. The largest absolute Gasteiger partial charge is 0.465 e. The first-order valence-electron chi connectivity index (χ1n) is 8.17. The standard InChI is InChI=1S/C18H24N2O5/c1-18(2,3)25-17(23)19-14-8-9-20(11-14)15(21)12-6-5-7-13(10-12)16(22)24-4/h5-7,10,14H,8-9,11H2,1-4H3,(H,19,23). The molecular weight excluding hydrogens is 324 g/mol. The highest BCUT2D eigenvalue weighted by Gasteiger charge is 2.29. The van der Waals surface area contributed by atoms with Crippen molar-refractivity contribution in [1.82, 2.24) is 10.2 Å². The Morgan fingerprint density at radius 2 is 1.88 bits per heavy atom. The molecular formula is C18H24N2O5. The molecule has 1 fully saturated rings. The number of benzene rings is 1. The Labute approximate surface area is 147 Å². The van der Waals surface area contributed by atoms with E-state index in [0.29, 0.717) is 30.6 Å². The summed E-state index contributed by atoms with van der Waals surface area (Å²) in [6.45, 7) is 6.32. The SMILES string of the molecule is COC(=O)c1cccc(C(=O)N2CCC(NC(=O)OC(C)(C)C)C2)c1. The van der Waals surface area contributed by atoms with Crippen molar-refractivity contribution in [3.63, 3.8) is 0 Å². The van der Waals surface area contributed by atoms with Crippen LogP contribution in [0.1, 0.15) is 47.9 Å². The number of nitrogens with one attached hydrogen (secondary N) is 1. The predicted molar refractivity (Wildman–Crippen MR) is 91.5 cm³/mol. The summed E-state index contributed by atoms with van der Waals surface area (Å²) in [7, 11) is 1.30. The smallest absolute Gasteiger partial charge is 0.407 e. The third kappa shape index (κ3) is 5.20. The van der Waals surface area contributed by atoms with Crippen LogP contribution in [0.15, 0.2) is 24.3 Å². The molecule has 0 bridgehead atoms. The summed E-state index contributed by atoms with van der Waals surface area (Å²) < 4.78 is 9.90. The molecule has 1 aliphatic heterocycles. The molecule has 7 nitrogen and oxygen atoms in total. The molecule has 25 heavy (non-hydrogen) atoms. The van der Waals surface area contributed by atoms with E-state index in [-0.39, 0.29) is 11.9 Å². The summed E-state index contributed by atoms with van der Waals surface area (Å²) in [6, 6.07) is 6.26. The molecule has 1 atom stereocenters. The van der Waals surface area contributed by atoms with Crippen molar-refractivity contribution in [1.29, 1.82) is 0 Å². The molecule has 0 spiro atoms. The number of hydrogen-bond donors (Lipinski definition) is 1. The lowest BCUT2D eigenvalue weighted by Gasteiger charge is -2.22. The molecule has 0 aromatic heterocycles. The summed E-state index contributed by atoms with van der Waals surface area (Å²) in [4.78, 5) is 37.7. The van der Waals surface area contributed by atoms with Crippen LogP contribution in [0.2, 0.25) is 0 Å².